The van der Waals surface area contributed by atoms with E-state index >= 15 is 0 Å². The third-order valence-electron chi connectivity index (χ3n) is 7.47. The van der Waals surface area contributed by atoms with Crippen LogP contribution in [0.2, 0.25) is 6.04 Å². The van der Waals surface area contributed by atoms with Crippen LogP contribution in [-0.2, 0) is 22.8 Å². The van der Waals surface area contributed by atoms with Gasteiger partial charge in [0.05, 0.1) is 6.61 Å². The Morgan fingerprint density at radius 1 is 0.844 bits per heavy atom. The third-order valence-corrected chi connectivity index (χ3v) is 10.8. The second-order valence-electron chi connectivity index (χ2n) is 9.53. The van der Waals surface area contributed by atoms with Crippen molar-refractivity contribution in [1.82, 2.24) is 0 Å². The fourth-order valence-electron chi connectivity index (χ4n) is 5.97. The molecule has 2 aliphatic carbocycles. The van der Waals surface area contributed by atoms with E-state index in [4.69, 9.17) is 29.6 Å². The van der Waals surface area contributed by atoms with Gasteiger partial charge in [-0.05, 0) is 76.5 Å². The van der Waals surface area contributed by atoms with E-state index in [0.29, 0.717) is 38.3 Å². The molecule has 3 unspecified atom stereocenters. The number of alkyl halides is 1. The first-order valence-electron chi connectivity index (χ1n) is 13.2. The van der Waals surface area contributed by atoms with Crippen molar-refractivity contribution in [3.05, 3.63) is 0 Å². The molecule has 3 atom stereocenters. The molecule has 0 amide bonds. The van der Waals surface area contributed by atoms with Gasteiger partial charge in [-0.15, -0.1) is 11.6 Å². The second kappa shape index (κ2) is 15.7. The summed E-state index contributed by atoms with van der Waals surface area (Å²) in [7, 11) is -2.62. The number of ether oxygens (including phenoxy) is 1. The topological polar surface area (TPSA) is 54.0 Å². The highest BCUT2D eigenvalue weighted by Gasteiger charge is 2.42. The zero-order chi connectivity index (χ0) is 23.2. The van der Waals surface area contributed by atoms with Gasteiger partial charge in [0.25, 0.3) is 0 Å². The van der Waals surface area contributed by atoms with Crippen LogP contribution < -0.4 is 0 Å². The van der Waals surface area contributed by atoms with Crippen molar-refractivity contribution in [3.8, 4) is 0 Å². The molecule has 2 aliphatic rings. The summed E-state index contributed by atoms with van der Waals surface area (Å²) in [4.78, 5) is 11.6. The standard InChI is InChI=1S/C25H47ClO5Si/c1-4-29-32(30-5-2,31-6-3)18-17-23-15-13-21(20-28-25(27)19-26)14-16-24(23)22-11-9-7-8-10-12-22/h21-24H,4-20H2,1-3H3. The first-order valence-corrected chi connectivity index (χ1v) is 15.7. The minimum atomic E-state index is -2.62. The Bertz CT molecular complexity index is 496. The van der Waals surface area contributed by atoms with Gasteiger partial charge in [0.1, 0.15) is 5.88 Å². The predicted molar refractivity (Wildman–Crippen MR) is 132 cm³/mol. The van der Waals surface area contributed by atoms with Gasteiger partial charge in [0.15, 0.2) is 0 Å². The fraction of sp³-hybridized carbons (Fsp3) is 0.960. The molecule has 0 spiro atoms. The molecule has 2 saturated carbocycles. The molecule has 0 aromatic heterocycles. The van der Waals surface area contributed by atoms with Crippen molar-refractivity contribution in [3.63, 3.8) is 0 Å². The molecule has 0 aromatic rings. The van der Waals surface area contributed by atoms with Gasteiger partial charge in [-0.3, -0.25) is 4.79 Å². The summed E-state index contributed by atoms with van der Waals surface area (Å²) in [5.41, 5.74) is 0. The number of halogens is 1. The summed E-state index contributed by atoms with van der Waals surface area (Å²) in [5, 5.41) is 0. The van der Waals surface area contributed by atoms with Gasteiger partial charge in [0.2, 0.25) is 0 Å². The molecule has 2 fully saturated rings. The molecule has 188 valence electrons. The zero-order valence-corrected chi connectivity index (χ0v) is 22.5. The van der Waals surface area contributed by atoms with E-state index < -0.39 is 8.80 Å². The van der Waals surface area contributed by atoms with Crippen LogP contribution in [0.25, 0.3) is 0 Å². The lowest BCUT2D eigenvalue weighted by atomic mass is 9.74. The fourth-order valence-corrected chi connectivity index (χ4v) is 8.77. The number of hydrogen-bond acceptors (Lipinski definition) is 5. The smallest absolute Gasteiger partial charge is 0.465 e. The molecule has 0 aliphatic heterocycles. The number of carbonyl (C=O) groups excluding carboxylic acids is 1. The van der Waals surface area contributed by atoms with Crippen molar-refractivity contribution in [2.45, 2.75) is 97.4 Å². The van der Waals surface area contributed by atoms with Crippen molar-refractivity contribution < 1.29 is 22.8 Å². The van der Waals surface area contributed by atoms with E-state index in [0.717, 1.165) is 37.1 Å². The maximum Gasteiger partial charge on any atom is 0.500 e. The Labute approximate surface area is 202 Å². The van der Waals surface area contributed by atoms with Gasteiger partial charge in [0, 0.05) is 25.9 Å². The number of rotatable bonds is 13. The lowest BCUT2D eigenvalue weighted by Gasteiger charge is -2.35. The van der Waals surface area contributed by atoms with E-state index in [1.807, 2.05) is 20.8 Å². The highest BCUT2D eigenvalue weighted by Crippen LogP contribution is 2.44. The average molecular weight is 491 g/mol. The summed E-state index contributed by atoms with van der Waals surface area (Å²) in [5.74, 6) is 2.34. The molecule has 0 bridgehead atoms. The Kier molecular flexibility index (Phi) is 13.8. The van der Waals surface area contributed by atoms with Crippen LogP contribution in [0.3, 0.4) is 0 Å². The Hall–Kier alpha value is -0.143. The maximum atomic E-state index is 11.6. The van der Waals surface area contributed by atoms with Crippen LogP contribution in [0.1, 0.15) is 91.4 Å². The minimum Gasteiger partial charge on any atom is -0.465 e. The molecular weight excluding hydrogens is 444 g/mol. The normalized spacial score (nSPS) is 25.8. The molecule has 0 aromatic carbocycles. The number of carbonyl (C=O) groups is 1. The van der Waals surface area contributed by atoms with Crippen molar-refractivity contribution >= 4 is 26.4 Å². The number of hydrogen-bond donors (Lipinski definition) is 0. The molecule has 5 nitrogen and oxygen atoms in total. The van der Waals surface area contributed by atoms with Gasteiger partial charge in [-0.25, -0.2) is 0 Å². The molecule has 0 radical (unpaired) electrons. The largest absolute Gasteiger partial charge is 0.500 e. The summed E-state index contributed by atoms with van der Waals surface area (Å²) in [6, 6.07) is 0.905. The highest BCUT2D eigenvalue weighted by atomic mass is 35.5. The molecule has 0 heterocycles. The van der Waals surface area contributed by atoms with Crippen LogP contribution in [-0.4, -0.2) is 47.1 Å². The van der Waals surface area contributed by atoms with Crippen LogP contribution >= 0.6 is 11.6 Å². The van der Waals surface area contributed by atoms with E-state index in [2.05, 4.69) is 0 Å². The van der Waals surface area contributed by atoms with Crippen LogP contribution in [0.5, 0.6) is 0 Å². The molecular formula is C25H47ClO5Si. The van der Waals surface area contributed by atoms with E-state index in [9.17, 15) is 4.79 Å². The molecule has 7 heteroatoms. The Morgan fingerprint density at radius 3 is 2.00 bits per heavy atom. The Balaban J connectivity index is 2.09. The lowest BCUT2D eigenvalue weighted by Crippen LogP contribution is -2.46. The van der Waals surface area contributed by atoms with Gasteiger partial charge < -0.3 is 18.0 Å². The quantitative estimate of drug-likeness (QED) is 0.126. The molecule has 0 N–H and O–H groups in total. The van der Waals surface area contributed by atoms with Gasteiger partial charge >= 0.3 is 14.8 Å². The van der Waals surface area contributed by atoms with Crippen LogP contribution in [0.15, 0.2) is 0 Å². The summed E-state index contributed by atoms with van der Waals surface area (Å²) < 4.78 is 23.9. The molecule has 2 rings (SSSR count). The van der Waals surface area contributed by atoms with Crippen molar-refractivity contribution in [1.29, 1.82) is 0 Å². The van der Waals surface area contributed by atoms with Gasteiger partial charge in [-0.2, -0.15) is 0 Å². The lowest BCUT2D eigenvalue weighted by molar-refractivity contribution is -0.142. The first kappa shape index (κ1) is 28.1. The maximum absolute atomic E-state index is 11.6. The Morgan fingerprint density at radius 2 is 1.44 bits per heavy atom. The highest BCUT2D eigenvalue weighted by molar-refractivity contribution is 6.60. The zero-order valence-electron chi connectivity index (χ0n) is 20.7. The first-order chi connectivity index (χ1) is 15.6. The van der Waals surface area contributed by atoms with E-state index in [-0.39, 0.29) is 11.8 Å². The average Bonchev–Trinajstić information content (AvgIpc) is 3.17. The second-order valence-corrected chi connectivity index (χ2v) is 12.5. The van der Waals surface area contributed by atoms with Gasteiger partial charge in [-0.1, -0.05) is 38.5 Å². The summed E-state index contributed by atoms with van der Waals surface area (Å²) >= 11 is 5.62. The monoisotopic (exact) mass is 490 g/mol. The minimum absolute atomic E-state index is 0.0565. The predicted octanol–water partition coefficient (Wildman–Crippen LogP) is 6.60. The van der Waals surface area contributed by atoms with E-state index in [1.165, 1.54) is 51.4 Å². The summed E-state index contributed by atoms with van der Waals surface area (Å²) in [6.45, 7) is 8.53. The van der Waals surface area contributed by atoms with Crippen molar-refractivity contribution in [2.75, 3.05) is 32.3 Å². The molecule has 32 heavy (non-hydrogen) atoms. The summed E-state index contributed by atoms with van der Waals surface area (Å²) in [6.07, 6.45) is 14.1. The van der Waals surface area contributed by atoms with E-state index in [1.54, 1.807) is 0 Å². The van der Waals surface area contributed by atoms with Crippen LogP contribution in [0.4, 0.5) is 0 Å². The third kappa shape index (κ3) is 9.25. The number of esters is 1. The SMILES string of the molecule is CCO[Si](CCC1CCC(COC(=O)CCl)CCC1C1CCCCCC1)(OCC)OCC. The molecule has 0 saturated heterocycles. The van der Waals surface area contributed by atoms with Crippen molar-refractivity contribution in [2.24, 2.45) is 23.7 Å². The van der Waals surface area contributed by atoms with Crippen LogP contribution in [0, 0.1) is 23.7 Å².